The van der Waals surface area contributed by atoms with Crippen LogP contribution in [-0.4, -0.2) is 52.9 Å². The molecule has 1 aliphatic heterocycles. The minimum atomic E-state index is -0.687. The van der Waals surface area contributed by atoms with Crippen molar-refractivity contribution in [3.63, 3.8) is 0 Å². The van der Waals surface area contributed by atoms with Crippen molar-refractivity contribution in [2.45, 2.75) is 59.7 Å². The summed E-state index contributed by atoms with van der Waals surface area (Å²) >= 11 is 0. The second kappa shape index (κ2) is 9.40. The fourth-order valence-electron chi connectivity index (χ4n) is 4.13. The molecule has 0 spiro atoms. The van der Waals surface area contributed by atoms with E-state index >= 15 is 0 Å². The minimum Gasteiger partial charge on any atom is -0.357 e. The molecule has 2 N–H and O–H groups in total. The fraction of sp³-hybridized carbons (Fsp3) is 0.542. The first-order valence-electron chi connectivity index (χ1n) is 11.1. The molecule has 1 aromatic carbocycles. The maximum atomic E-state index is 14.8. The molecule has 0 saturated carbocycles. The normalized spacial score (nSPS) is 15.6. The number of likely N-dealkylation sites (N-methyl/N-ethyl adjacent to an activating group) is 1. The first kappa shape index (κ1) is 23.9. The summed E-state index contributed by atoms with van der Waals surface area (Å²) in [5, 5.41) is 5.51. The number of fused-ring (bicyclic) bond motifs is 1. The molecule has 1 aliphatic rings. The molecule has 174 valence electrons. The highest BCUT2D eigenvalue weighted by atomic mass is 19.1. The van der Waals surface area contributed by atoms with E-state index in [1.54, 1.807) is 13.1 Å². The summed E-state index contributed by atoms with van der Waals surface area (Å²) in [6.45, 7) is 9.92. The summed E-state index contributed by atoms with van der Waals surface area (Å²) in [5.74, 6) is -0.579. The van der Waals surface area contributed by atoms with Gasteiger partial charge in [-0.05, 0) is 56.5 Å². The molecule has 1 aromatic heterocycles. The fourth-order valence-corrected chi connectivity index (χ4v) is 4.13. The topological polar surface area (TPSA) is 79.3 Å². The van der Waals surface area contributed by atoms with Crippen LogP contribution in [0.5, 0.6) is 0 Å². The highest BCUT2D eigenvalue weighted by Gasteiger charge is 2.31. The molecule has 3 rings (SSSR count). The molecule has 2 amide bonds. The number of hydrogen-bond donors (Lipinski definition) is 2. The molecule has 32 heavy (non-hydrogen) atoms. The predicted octanol–water partition coefficient (Wildman–Crippen LogP) is 3.11. The Bertz CT molecular complexity index is 1010. The Balaban J connectivity index is 2.04. The monoisotopic (exact) mass is 443 g/mol. The maximum Gasteiger partial charge on any atom is 0.272 e. The number of amides is 2. The van der Waals surface area contributed by atoms with Crippen molar-refractivity contribution >= 4 is 11.8 Å². The number of carbonyl (C=O) groups is 2. The van der Waals surface area contributed by atoms with Crippen LogP contribution < -0.4 is 10.6 Å². The largest absolute Gasteiger partial charge is 0.357 e. The first-order chi connectivity index (χ1) is 15.0. The van der Waals surface area contributed by atoms with Crippen molar-refractivity contribution in [3.05, 3.63) is 41.0 Å². The van der Waals surface area contributed by atoms with E-state index in [0.29, 0.717) is 30.9 Å². The first-order valence-corrected chi connectivity index (χ1v) is 11.1. The van der Waals surface area contributed by atoms with E-state index in [1.807, 2.05) is 45.4 Å². The van der Waals surface area contributed by atoms with Gasteiger partial charge in [0, 0.05) is 20.1 Å². The summed E-state index contributed by atoms with van der Waals surface area (Å²) in [7, 11) is 3.55. The van der Waals surface area contributed by atoms with E-state index in [4.69, 9.17) is 0 Å². The molecule has 0 fully saturated rings. The van der Waals surface area contributed by atoms with Crippen molar-refractivity contribution in [3.8, 4) is 11.4 Å². The Hall–Kier alpha value is -2.74. The van der Waals surface area contributed by atoms with Crippen LogP contribution in [0.3, 0.4) is 0 Å². The summed E-state index contributed by atoms with van der Waals surface area (Å²) in [5.41, 5.74) is 2.02. The van der Waals surface area contributed by atoms with Crippen molar-refractivity contribution in [1.82, 2.24) is 25.1 Å². The van der Waals surface area contributed by atoms with Gasteiger partial charge in [0.25, 0.3) is 5.91 Å². The number of nitrogens with zero attached hydrogens (tertiary/aromatic N) is 3. The standard InChI is InChI=1S/C24H34FN5O2/c1-15-8-9-16(17(25)12-15)21-28-20(19-14-29(6)10-7-11-30(19)21)23(32)27-18(22(31)26-5)13-24(2,3)4/h8-9,12,18H,7,10-11,13-14H2,1-6H3,(H,26,31)(H,27,32)/t18-/m0/s1. The Labute approximate surface area is 189 Å². The van der Waals surface area contributed by atoms with Crippen LogP contribution in [0, 0.1) is 18.2 Å². The molecular formula is C24H34FN5O2. The van der Waals surface area contributed by atoms with Crippen molar-refractivity contribution < 1.29 is 14.0 Å². The second-order valence-corrected chi connectivity index (χ2v) is 9.86. The van der Waals surface area contributed by atoms with E-state index in [0.717, 1.165) is 24.2 Å². The summed E-state index contributed by atoms with van der Waals surface area (Å²) in [6, 6.07) is 4.34. The van der Waals surface area contributed by atoms with Gasteiger partial charge in [-0.2, -0.15) is 0 Å². The van der Waals surface area contributed by atoms with E-state index in [-0.39, 0.29) is 22.8 Å². The van der Waals surface area contributed by atoms with Crippen LogP contribution in [-0.2, 0) is 17.9 Å². The molecule has 0 saturated heterocycles. The van der Waals surface area contributed by atoms with E-state index in [9.17, 15) is 14.0 Å². The van der Waals surface area contributed by atoms with Gasteiger partial charge in [-0.3, -0.25) is 9.59 Å². The molecule has 2 heterocycles. The molecule has 0 bridgehead atoms. The summed E-state index contributed by atoms with van der Waals surface area (Å²) in [4.78, 5) is 32.5. The van der Waals surface area contributed by atoms with Gasteiger partial charge < -0.3 is 20.1 Å². The number of nitrogens with one attached hydrogen (secondary N) is 2. The summed E-state index contributed by atoms with van der Waals surface area (Å²) in [6.07, 6.45) is 1.35. The Kier molecular flexibility index (Phi) is 7.03. The molecule has 0 unspecified atom stereocenters. The SMILES string of the molecule is CNC(=O)[C@H](CC(C)(C)C)NC(=O)c1nc(-c2ccc(C)cc2F)n2c1CN(C)CCC2. The van der Waals surface area contributed by atoms with Gasteiger partial charge in [0.15, 0.2) is 5.69 Å². The van der Waals surface area contributed by atoms with Crippen molar-refractivity contribution in [1.29, 1.82) is 0 Å². The van der Waals surface area contributed by atoms with E-state index in [2.05, 4.69) is 20.5 Å². The van der Waals surface area contributed by atoms with Crippen molar-refractivity contribution in [2.75, 3.05) is 20.6 Å². The lowest BCUT2D eigenvalue weighted by Gasteiger charge is -2.25. The van der Waals surface area contributed by atoms with E-state index < -0.39 is 11.9 Å². The number of aromatic nitrogens is 2. The van der Waals surface area contributed by atoms with Crippen LogP contribution in [0.1, 0.15) is 55.4 Å². The zero-order chi connectivity index (χ0) is 23.6. The molecular weight excluding hydrogens is 409 g/mol. The smallest absolute Gasteiger partial charge is 0.272 e. The molecule has 1 atom stereocenters. The second-order valence-electron chi connectivity index (χ2n) is 9.86. The van der Waals surface area contributed by atoms with Gasteiger partial charge in [-0.25, -0.2) is 9.37 Å². The summed E-state index contributed by atoms with van der Waals surface area (Å²) < 4.78 is 16.8. The number of imidazole rings is 1. The lowest BCUT2D eigenvalue weighted by Crippen LogP contribution is -2.47. The number of rotatable bonds is 5. The Morgan fingerprint density at radius 1 is 1.25 bits per heavy atom. The van der Waals surface area contributed by atoms with E-state index in [1.165, 1.54) is 6.07 Å². The average Bonchev–Trinajstić information content (AvgIpc) is 2.92. The lowest BCUT2D eigenvalue weighted by atomic mass is 9.87. The third-order valence-corrected chi connectivity index (χ3v) is 5.68. The van der Waals surface area contributed by atoms with Gasteiger partial charge >= 0.3 is 0 Å². The van der Waals surface area contributed by atoms with Gasteiger partial charge in [0.1, 0.15) is 17.7 Å². The number of hydrogen-bond acceptors (Lipinski definition) is 4. The average molecular weight is 444 g/mol. The molecule has 0 aliphatic carbocycles. The van der Waals surface area contributed by atoms with Gasteiger partial charge in [-0.1, -0.05) is 26.8 Å². The molecule has 2 aromatic rings. The highest BCUT2D eigenvalue weighted by Crippen LogP contribution is 2.29. The van der Waals surface area contributed by atoms with Gasteiger partial charge in [0.05, 0.1) is 11.3 Å². The zero-order valence-corrected chi connectivity index (χ0v) is 19.9. The number of aryl methyl sites for hydroxylation is 1. The Morgan fingerprint density at radius 2 is 1.97 bits per heavy atom. The van der Waals surface area contributed by atoms with Crippen LogP contribution in [0.25, 0.3) is 11.4 Å². The quantitative estimate of drug-likeness (QED) is 0.744. The van der Waals surface area contributed by atoms with Crippen molar-refractivity contribution in [2.24, 2.45) is 5.41 Å². The minimum absolute atomic E-state index is 0.161. The number of halogens is 1. The number of benzene rings is 1. The molecule has 0 radical (unpaired) electrons. The lowest BCUT2D eigenvalue weighted by molar-refractivity contribution is -0.123. The number of carbonyl (C=O) groups excluding carboxylic acids is 2. The molecule has 7 nitrogen and oxygen atoms in total. The van der Waals surface area contributed by atoms with Crippen LogP contribution >= 0.6 is 0 Å². The van der Waals surface area contributed by atoms with Crippen LogP contribution in [0.4, 0.5) is 4.39 Å². The third-order valence-electron chi connectivity index (χ3n) is 5.68. The van der Waals surface area contributed by atoms with Crippen LogP contribution in [0.2, 0.25) is 0 Å². The third kappa shape index (κ3) is 5.35. The van der Waals surface area contributed by atoms with Gasteiger partial charge in [0.2, 0.25) is 5.91 Å². The maximum absolute atomic E-state index is 14.8. The highest BCUT2D eigenvalue weighted by molar-refractivity contribution is 5.97. The predicted molar refractivity (Wildman–Crippen MR) is 123 cm³/mol. The molecule has 8 heteroatoms. The van der Waals surface area contributed by atoms with Gasteiger partial charge in [-0.15, -0.1) is 0 Å². The van der Waals surface area contributed by atoms with Crippen LogP contribution in [0.15, 0.2) is 18.2 Å². The zero-order valence-electron chi connectivity index (χ0n) is 19.9. The Morgan fingerprint density at radius 3 is 2.59 bits per heavy atom.